The first-order chi connectivity index (χ1) is 15.5. The fraction of sp³-hybridized carbons (Fsp3) is 0.368. The fourth-order valence-electron chi connectivity index (χ4n) is 3.26. The molecule has 1 aromatic heterocycles. The molecule has 33 heavy (non-hydrogen) atoms. The average Bonchev–Trinajstić information content (AvgIpc) is 2.74. The third kappa shape index (κ3) is 5.43. The van der Waals surface area contributed by atoms with E-state index in [2.05, 4.69) is 14.4 Å². The van der Waals surface area contributed by atoms with Crippen molar-refractivity contribution in [1.29, 1.82) is 0 Å². The summed E-state index contributed by atoms with van der Waals surface area (Å²) >= 11 is 0. The molecule has 180 valence electrons. The zero-order valence-electron chi connectivity index (χ0n) is 17.0. The minimum Gasteiger partial charge on any atom is -0.479 e. The fourth-order valence-corrected chi connectivity index (χ4v) is 4.60. The van der Waals surface area contributed by atoms with E-state index in [1.807, 2.05) is 0 Å². The lowest BCUT2D eigenvalue weighted by Gasteiger charge is -2.29. The van der Waals surface area contributed by atoms with E-state index in [1.54, 1.807) is 0 Å². The van der Waals surface area contributed by atoms with Crippen molar-refractivity contribution < 1.29 is 44.6 Å². The largest absolute Gasteiger partial charge is 0.479 e. The van der Waals surface area contributed by atoms with Crippen LogP contribution in [-0.4, -0.2) is 63.9 Å². The minimum atomic E-state index is -4.42. The average molecular weight is 495 g/mol. The van der Waals surface area contributed by atoms with Gasteiger partial charge in [-0.1, -0.05) is 6.07 Å². The van der Waals surface area contributed by atoms with Crippen LogP contribution in [0, 0.1) is 5.82 Å². The number of hydrogen-bond donors (Lipinski definition) is 1. The number of alkyl halides is 4. The highest BCUT2D eigenvalue weighted by Crippen LogP contribution is 2.32. The Hall–Kier alpha value is -3.16. The number of nitrogens with one attached hydrogen (secondary N) is 1. The number of ether oxygens (including phenoxy) is 2. The highest BCUT2D eigenvalue weighted by atomic mass is 32.2. The van der Waals surface area contributed by atoms with Gasteiger partial charge in [-0.05, 0) is 24.1 Å². The first-order valence-corrected chi connectivity index (χ1v) is 10.9. The van der Waals surface area contributed by atoms with E-state index in [-0.39, 0.29) is 29.0 Å². The van der Waals surface area contributed by atoms with Crippen LogP contribution in [0.1, 0.15) is 15.9 Å². The van der Waals surface area contributed by atoms with Crippen LogP contribution >= 0.6 is 0 Å². The quantitative estimate of drug-likeness (QED) is 0.538. The van der Waals surface area contributed by atoms with E-state index in [0.29, 0.717) is 6.07 Å². The second-order valence-corrected chi connectivity index (χ2v) is 8.47. The molecule has 1 aromatic carbocycles. The number of nitrogens with zero attached hydrogens (tertiary/aromatic N) is 2. The molecule has 0 atom stereocenters. The van der Waals surface area contributed by atoms with E-state index in [4.69, 9.17) is 4.74 Å². The van der Waals surface area contributed by atoms with Crippen LogP contribution in [0.3, 0.4) is 0 Å². The summed E-state index contributed by atoms with van der Waals surface area (Å²) in [6, 6.07) is 4.45. The van der Waals surface area contributed by atoms with Crippen molar-refractivity contribution in [3.05, 3.63) is 41.2 Å². The number of carbonyl (C=O) groups is 1. The molecule has 1 amide bonds. The number of fused-ring (bicyclic) bond motifs is 1. The van der Waals surface area contributed by atoms with Crippen LogP contribution in [0.5, 0.6) is 11.8 Å². The van der Waals surface area contributed by atoms with Crippen molar-refractivity contribution in [2.45, 2.75) is 24.2 Å². The van der Waals surface area contributed by atoms with Gasteiger partial charge in [-0.15, -0.1) is 0 Å². The number of sulfonamides is 1. The molecule has 0 saturated heterocycles. The molecule has 8 nitrogen and oxygen atoms in total. The van der Waals surface area contributed by atoms with E-state index in [0.717, 1.165) is 12.0 Å². The first kappa shape index (κ1) is 24.5. The number of hydrogen-bond acceptors (Lipinski definition) is 6. The lowest BCUT2D eigenvalue weighted by Crippen LogP contribution is -2.41. The zero-order valence-corrected chi connectivity index (χ0v) is 17.8. The second kappa shape index (κ2) is 9.77. The molecule has 14 heteroatoms. The Bertz CT molecular complexity index is 1150. The van der Waals surface area contributed by atoms with Crippen molar-refractivity contribution in [2.75, 3.05) is 31.5 Å². The first-order valence-electron chi connectivity index (χ1n) is 9.41. The number of pyridine rings is 1. The van der Waals surface area contributed by atoms with Gasteiger partial charge in [0.1, 0.15) is 5.69 Å². The van der Waals surface area contributed by atoms with Crippen LogP contribution in [0.4, 0.5) is 27.6 Å². The van der Waals surface area contributed by atoms with Crippen molar-refractivity contribution in [2.24, 2.45) is 0 Å². The van der Waals surface area contributed by atoms with Crippen LogP contribution in [0.2, 0.25) is 0 Å². The molecule has 2 heterocycles. The summed E-state index contributed by atoms with van der Waals surface area (Å²) in [4.78, 5) is 16.7. The molecule has 0 spiro atoms. The van der Waals surface area contributed by atoms with Gasteiger partial charge in [0.2, 0.25) is 5.88 Å². The maximum atomic E-state index is 14.2. The molecule has 1 aliphatic heterocycles. The van der Waals surface area contributed by atoms with Crippen LogP contribution in [-0.2, 0) is 16.4 Å². The maximum Gasteiger partial charge on any atom is 0.272 e. The summed E-state index contributed by atoms with van der Waals surface area (Å²) in [7, 11) is -3.33. The van der Waals surface area contributed by atoms with Gasteiger partial charge in [0.25, 0.3) is 34.7 Å². The SMILES string of the molecule is COc1nc(OCC(F)F)c(F)cc1NS(=O)(=O)c1cccc2c1CCN(CC(F)F)C2=O. The molecule has 0 unspecified atom stereocenters. The number of methoxy groups -OCH3 is 1. The summed E-state index contributed by atoms with van der Waals surface area (Å²) in [5.74, 6) is -3.22. The summed E-state index contributed by atoms with van der Waals surface area (Å²) < 4.78 is 102. The summed E-state index contributed by atoms with van der Waals surface area (Å²) in [6.45, 7) is -2.03. The van der Waals surface area contributed by atoms with Crippen LogP contribution < -0.4 is 14.2 Å². The molecular formula is C19H18F5N3O5S. The molecule has 2 aromatic rings. The predicted octanol–water partition coefficient (Wildman–Crippen LogP) is 2.94. The van der Waals surface area contributed by atoms with Crippen LogP contribution in [0.25, 0.3) is 0 Å². The predicted molar refractivity (Wildman–Crippen MR) is 105 cm³/mol. The smallest absolute Gasteiger partial charge is 0.272 e. The zero-order chi connectivity index (χ0) is 24.3. The lowest BCUT2D eigenvalue weighted by atomic mass is 9.99. The monoisotopic (exact) mass is 495 g/mol. The Balaban J connectivity index is 1.93. The number of amides is 1. The highest BCUT2D eigenvalue weighted by molar-refractivity contribution is 7.92. The Labute approximate surface area is 185 Å². The molecular weight excluding hydrogens is 477 g/mol. The van der Waals surface area contributed by atoms with Crippen molar-refractivity contribution >= 4 is 21.6 Å². The number of halogens is 5. The van der Waals surface area contributed by atoms with Gasteiger partial charge in [0.15, 0.2) is 12.4 Å². The van der Waals surface area contributed by atoms with E-state index < -0.39 is 65.2 Å². The van der Waals surface area contributed by atoms with Gasteiger partial charge in [-0.2, -0.15) is 4.98 Å². The van der Waals surface area contributed by atoms with Gasteiger partial charge in [0.05, 0.1) is 18.6 Å². The van der Waals surface area contributed by atoms with E-state index in [9.17, 15) is 35.2 Å². The molecule has 1 aliphatic rings. The Morgan fingerprint density at radius 3 is 2.55 bits per heavy atom. The van der Waals surface area contributed by atoms with Gasteiger partial charge in [-0.25, -0.2) is 30.4 Å². The molecule has 0 fully saturated rings. The standard InChI is InChI=1S/C19H18F5N3O5S/c1-31-18-13(7-12(20)17(25-18)32-9-16(23)24)26-33(29,30)14-4-2-3-11-10(14)5-6-27(19(11)28)8-15(21)22/h2-4,7,15-16,26H,5-6,8-9H2,1H3. The number of carbonyl (C=O) groups excluding carboxylic acids is 1. The minimum absolute atomic E-state index is 0.00493. The number of aromatic nitrogens is 1. The molecule has 0 bridgehead atoms. The molecule has 0 radical (unpaired) electrons. The highest BCUT2D eigenvalue weighted by Gasteiger charge is 2.31. The topological polar surface area (TPSA) is 97.8 Å². The molecule has 1 N–H and O–H groups in total. The number of anilines is 1. The number of rotatable bonds is 9. The molecule has 3 rings (SSSR count). The third-order valence-corrected chi connectivity index (χ3v) is 6.07. The van der Waals surface area contributed by atoms with Gasteiger partial charge >= 0.3 is 0 Å². The summed E-state index contributed by atoms with van der Waals surface area (Å²) in [5, 5.41) is 0. The Morgan fingerprint density at radius 1 is 1.18 bits per heavy atom. The van der Waals surface area contributed by atoms with Crippen molar-refractivity contribution in [1.82, 2.24) is 9.88 Å². The Kier molecular flexibility index (Phi) is 7.25. The summed E-state index contributed by atoms with van der Waals surface area (Å²) in [6.07, 6.45) is -5.64. The normalized spacial score (nSPS) is 13.9. The Morgan fingerprint density at radius 2 is 1.91 bits per heavy atom. The van der Waals surface area contributed by atoms with E-state index in [1.165, 1.54) is 18.2 Å². The lowest BCUT2D eigenvalue weighted by molar-refractivity contribution is 0.0536. The van der Waals surface area contributed by atoms with Crippen molar-refractivity contribution in [3.8, 4) is 11.8 Å². The second-order valence-electron chi connectivity index (χ2n) is 6.81. The van der Waals surface area contributed by atoms with E-state index >= 15 is 0 Å². The van der Waals surface area contributed by atoms with Gasteiger partial charge in [0, 0.05) is 18.2 Å². The molecule has 0 aliphatic carbocycles. The third-order valence-electron chi connectivity index (χ3n) is 4.62. The van der Waals surface area contributed by atoms with Gasteiger partial charge in [-0.3, -0.25) is 9.52 Å². The number of benzene rings is 1. The van der Waals surface area contributed by atoms with Crippen LogP contribution in [0.15, 0.2) is 29.2 Å². The van der Waals surface area contributed by atoms with Crippen molar-refractivity contribution in [3.63, 3.8) is 0 Å². The van der Waals surface area contributed by atoms with Gasteiger partial charge < -0.3 is 14.4 Å². The summed E-state index contributed by atoms with van der Waals surface area (Å²) in [5.41, 5.74) is -0.375. The molecule has 0 saturated carbocycles. The maximum absolute atomic E-state index is 14.2.